The predicted octanol–water partition coefficient (Wildman–Crippen LogP) is 4.95. The molecule has 1 aromatic carbocycles. The monoisotopic (exact) mass is 428 g/mol. The number of rotatable bonds is 8. The highest BCUT2D eigenvalue weighted by molar-refractivity contribution is 5.88. The predicted molar refractivity (Wildman–Crippen MR) is 130 cm³/mol. The summed E-state index contributed by atoms with van der Waals surface area (Å²) >= 11 is 0. The summed E-state index contributed by atoms with van der Waals surface area (Å²) in [5.41, 5.74) is 8.99. The van der Waals surface area contributed by atoms with Crippen LogP contribution in [0.3, 0.4) is 0 Å². The zero-order valence-corrected chi connectivity index (χ0v) is 19.4. The van der Waals surface area contributed by atoms with E-state index in [0.717, 1.165) is 74.6 Å². The van der Waals surface area contributed by atoms with Crippen LogP contribution in [0, 0.1) is 6.92 Å². The molecule has 0 saturated heterocycles. The van der Waals surface area contributed by atoms with E-state index in [1.807, 2.05) is 19.3 Å². The maximum Gasteiger partial charge on any atom is 0.119 e. The maximum absolute atomic E-state index is 4.98. The van der Waals surface area contributed by atoms with Crippen molar-refractivity contribution in [1.82, 2.24) is 29.2 Å². The minimum absolute atomic E-state index is 0.953. The first-order valence-corrected chi connectivity index (χ1v) is 11.9. The molecule has 0 spiro atoms. The molecule has 5 rings (SSSR count). The zero-order chi connectivity index (χ0) is 22.1. The fourth-order valence-electron chi connectivity index (χ4n) is 4.88. The van der Waals surface area contributed by atoms with Gasteiger partial charge in [0.2, 0.25) is 0 Å². The molecule has 4 heterocycles. The average molecular weight is 429 g/mol. The summed E-state index contributed by atoms with van der Waals surface area (Å²) in [4.78, 5) is 11.9. The molecule has 0 amide bonds. The normalized spacial score (nSPS) is 13.4. The van der Waals surface area contributed by atoms with Gasteiger partial charge in [0.25, 0.3) is 0 Å². The van der Waals surface area contributed by atoms with Gasteiger partial charge in [0.05, 0.1) is 23.1 Å². The lowest BCUT2D eigenvalue weighted by molar-refractivity contribution is 0.294. The number of benzene rings is 1. The van der Waals surface area contributed by atoms with Crippen molar-refractivity contribution in [3.05, 3.63) is 54.1 Å². The van der Waals surface area contributed by atoms with Gasteiger partial charge in [-0.2, -0.15) is 5.10 Å². The van der Waals surface area contributed by atoms with E-state index in [2.05, 4.69) is 63.3 Å². The molecule has 0 unspecified atom stereocenters. The smallest absolute Gasteiger partial charge is 0.119 e. The van der Waals surface area contributed by atoms with Crippen LogP contribution in [-0.2, 0) is 19.5 Å². The molecule has 0 radical (unpaired) electrons. The van der Waals surface area contributed by atoms with Crippen molar-refractivity contribution in [2.75, 3.05) is 19.6 Å². The van der Waals surface area contributed by atoms with Crippen molar-refractivity contribution in [2.24, 2.45) is 0 Å². The molecule has 166 valence electrons. The van der Waals surface area contributed by atoms with E-state index in [1.165, 1.54) is 22.3 Å². The minimum atomic E-state index is 0.953. The zero-order valence-electron chi connectivity index (χ0n) is 19.4. The molecule has 1 aliphatic rings. The van der Waals surface area contributed by atoms with Gasteiger partial charge in [-0.05, 0) is 75.6 Å². The quantitative estimate of drug-likeness (QED) is 0.398. The van der Waals surface area contributed by atoms with Gasteiger partial charge >= 0.3 is 0 Å². The van der Waals surface area contributed by atoms with Crippen molar-refractivity contribution >= 4 is 11.0 Å². The number of imidazole rings is 1. The largest absolute Gasteiger partial charge is 0.331 e. The highest BCUT2D eigenvalue weighted by Gasteiger charge is 2.25. The van der Waals surface area contributed by atoms with Gasteiger partial charge in [-0.25, -0.2) is 4.98 Å². The number of pyridine rings is 1. The van der Waals surface area contributed by atoms with Gasteiger partial charge < -0.3 is 9.47 Å². The summed E-state index contributed by atoms with van der Waals surface area (Å²) in [6.07, 6.45) is 5.33. The third-order valence-corrected chi connectivity index (χ3v) is 6.65. The van der Waals surface area contributed by atoms with E-state index in [9.17, 15) is 0 Å². The lowest BCUT2D eigenvalue weighted by atomic mass is 9.99. The Hall–Kier alpha value is -2.99. The molecule has 4 aromatic rings. The first-order valence-electron chi connectivity index (χ1n) is 11.9. The highest BCUT2D eigenvalue weighted by atomic mass is 15.3. The van der Waals surface area contributed by atoms with Crippen LogP contribution in [0.25, 0.3) is 33.5 Å². The molecule has 3 aromatic heterocycles. The van der Waals surface area contributed by atoms with E-state index in [4.69, 9.17) is 10.1 Å². The number of nitrogens with zero attached hydrogens (tertiary/aromatic N) is 6. The first kappa shape index (κ1) is 20.9. The van der Waals surface area contributed by atoms with Gasteiger partial charge in [-0.15, -0.1) is 0 Å². The Morgan fingerprint density at radius 2 is 1.97 bits per heavy atom. The Morgan fingerprint density at radius 3 is 2.78 bits per heavy atom. The minimum Gasteiger partial charge on any atom is -0.331 e. The average Bonchev–Trinajstić information content (AvgIpc) is 3.51. The van der Waals surface area contributed by atoms with Gasteiger partial charge in [0, 0.05) is 30.0 Å². The van der Waals surface area contributed by atoms with Crippen LogP contribution in [0.4, 0.5) is 0 Å². The Labute approximate surface area is 189 Å². The summed E-state index contributed by atoms with van der Waals surface area (Å²) in [5, 5.41) is 4.98. The molecular weight excluding hydrogens is 396 g/mol. The molecule has 1 aliphatic heterocycles. The number of aromatic nitrogens is 5. The van der Waals surface area contributed by atoms with Crippen LogP contribution in [0.5, 0.6) is 0 Å². The Balaban J connectivity index is 1.53. The second-order valence-corrected chi connectivity index (χ2v) is 8.68. The van der Waals surface area contributed by atoms with Gasteiger partial charge in [-0.3, -0.25) is 9.67 Å². The van der Waals surface area contributed by atoms with Gasteiger partial charge in [-0.1, -0.05) is 26.0 Å². The molecule has 6 heteroatoms. The standard InChI is InChI=1S/C26H32N6/c1-4-30(5-2)14-8-15-31-18-27-21-13-12-20(17-24(21)31)25-23-11-7-16-32(23)29-26(25)22-10-6-9-19(3)28-22/h6,9-10,12-13,17-18H,4-5,7-8,11,14-16H2,1-3H3. The van der Waals surface area contributed by atoms with E-state index in [1.54, 1.807) is 0 Å². The van der Waals surface area contributed by atoms with Crippen molar-refractivity contribution in [1.29, 1.82) is 0 Å². The van der Waals surface area contributed by atoms with Crippen LogP contribution in [0.1, 0.15) is 38.1 Å². The molecule has 0 atom stereocenters. The number of fused-ring (bicyclic) bond motifs is 2. The summed E-state index contributed by atoms with van der Waals surface area (Å²) in [5.74, 6) is 0. The summed E-state index contributed by atoms with van der Waals surface area (Å²) < 4.78 is 4.48. The van der Waals surface area contributed by atoms with Crippen LogP contribution in [-0.4, -0.2) is 48.8 Å². The molecule has 0 fully saturated rings. The third-order valence-electron chi connectivity index (χ3n) is 6.65. The maximum atomic E-state index is 4.98. The SMILES string of the molecule is CCN(CC)CCCn1cnc2ccc(-c3c(-c4cccc(C)n4)nn4c3CCC4)cc21. The third kappa shape index (κ3) is 3.84. The van der Waals surface area contributed by atoms with E-state index in [-0.39, 0.29) is 0 Å². The number of hydrogen-bond acceptors (Lipinski definition) is 4. The molecule has 0 aliphatic carbocycles. The lowest BCUT2D eigenvalue weighted by Crippen LogP contribution is -2.24. The van der Waals surface area contributed by atoms with Crippen molar-refractivity contribution in [2.45, 2.75) is 53.1 Å². The Kier molecular flexibility index (Phi) is 5.79. The van der Waals surface area contributed by atoms with Gasteiger partial charge in [0.15, 0.2) is 0 Å². The van der Waals surface area contributed by atoms with Crippen LogP contribution in [0.15, 0.2) is 42.7 Å². The fraction of sp³-hybridized carbons (Fsp3) is 0.423. The van der Waals surface area contributed by atoms with Crippen molar-refractivity contribution in [3.63, 3.8) is 0 Å². The van der Waals surface area contributed by atoms with Crippen LogP contribution in [0.2, 0.25) is 0 Å². The molecule has 0 bridgehead atoms. The lowest BCUT2D eigenvalue weighted by Gasteiger charge is -2.17. The summed E-state index contributed by atoms with van der Waals surface area (Å²) in [6.45, 7) is 11.8. The van der Waals surface area contributed by atoms with E-state index < -0.39 is 0 Å². The highest BCUT2D eigenvalue weighted by Crippen LogP contribution is 2.37. The molecule has 0 saturated carbocycles. The van der Waals surface area contributed by atoms with E-state index >= 15 is 0 Å². The fourth-order valence-corrected chi connectivity index (χ4v) is 4.88. The Morgan fingerprint density at radius 1 is 1.09 bits per heavy atom. The van der Waals surface area contributed by atoms with Crippen molar-refractivity contribution < 1.29 is 0 Å². The topological polar surface area (TPSA) is 51.8 Å². The van der Waals surface area contributed by atoms with E-state index in [0.29, 0.717) is 0 Å². The molecule has 6 nitrogen and oxygen atoms in total. The van der Waals surface area contributed by atoms with Crippen LogP contribution >= 0.6 is 0 Å². The number of hydrogen-bond donors (Lipinski definition) is 0. The Bertz CT molecular complexity index is 1230. The molecular formula is C26H32N6. The van der Waals surface area contributed by atoms with Gasteiger partial charge in [0.1, 0.15) is 5.69 Å². The second-order valence-electron chi connectivity index (χ2n) is 8.68. The molecule has 0 N–H and O–H groups in total. The summed E-state index contributed by atoms with van der Waals surface area (Å²) in [6, 6.07) is 12.8. The number of aryl methyl sites for hydroxylation is 3. The summed E-state index contributed by atoms with van der Waals surface area (Å²) in [7, 11) is 0. The van der Waals surface area contributed by atoms with Crippen molar-refractivity contribution in [3.8, 4) is 22.5 Å². The molecule has 32 heavy (non-hydrogen) atoms. The second kappa shape index (κ2) is 8.87. The van der Waals surface area contributed by atoms with Crippen LogP contribution < -0.4 is 0 Å². The first-order chi connectivity index (χ1) is 15.7.